The summed E-state index contributed by atoms with van der Waals surface area (Å²) in [6.07, 6.45) is 0. The summed E-state index contributed by atoms with van der Waals surface area (Å²) < 4.78 is 10.1. The van der Waals surface area contributed by atoms with E-state index in [1.165, 1.54) is 20.3 Å². The summed E-state index contributed by atoms with van der Waals surface area (Å²) in [5.41, 5.74) is 6.28. The van der Waals surface area contributed by atoms with E-state index in [0.717, 1.165) is 0 Å². The maximum atomic E-state index is 12.3. The van der Waals surface area contributed by atoms with Crippen molar-refractivity contribution in [1.29, 1.82) is 0 Å². The first-order valence-electron chi connectivity index (χ1n) is 5.87. The van der Waals surface area contributed by atoms with E-state index in [-0.39, 0.29) is 28.2 Å². The number of nitrogen functional groups attached to an aromatic ring is 1. The number of methoxy groups -OCH3 is 2. The number of anilines is 2. The molecule has 2 rings (SSSR count). The van der Waals surface area contributed by atoms with Crippen molar-refractivity contribution in [2.75, 3.05) is 25.3 Å². The first-order valence-corrected chi connectivity index (χ1v) is 6.25. The number of benzene rings is 1. The zero-order valence-electron chi connectivity index (χ0n) is 11.4. The van der Waals surface area contributed by atoms with Crippen LogP contribution in [0.25, 0.3) is 0 Å². The number of rotatable bonds is 4. The van der Waals surface area contributed by atoms with E-state index in [1.54, 1.807) is 18.2 Å². The minimum atomic E-state index is -0.505. The first kappa shape index (κ1) is 14.9. The zero-order valence-corrected chi connectivity index (χ0v) is 12.1. The van der Waals surface area contributed by atoms with Crippen molar-refractivity contribution in [2.24, 2.45) is 0 Å². The third-order valence-corrected chi connectivity index (χ3v) is 2.80. The van der Waals surface area contributed by atoms with E-state index < -0.39 is 5.91 Å². The van der Waals surface area contributed by atoms with Gasteiger partial charge < -0.3 is 15.2 Å². The topological polar surface area (TPSA) is 99.4 Å². The number of amides is 1. The highest BCUT2D eigenvalue weighted by Gasteiger charge is 2.17. The molecular weight excluding hydrogens is 296 g/mol. The van der Waals surface area contributed by atoms with Crippen LogP contribution in [0.3, 0.4) is 0 Å². The summed E-state index contributed by atoms with van der Waals surface area (Å²) in [7, 11) is 2.88. The molecule has 0 radical (unpaired) electrons. The molecule has 1 heterocycles. The number of aromatic nitrogens is 2. The van der Waals surface area contributed by atoms with Crippen molar-refractivity contribution in [3.8, 4) is 11.6 Å². The Bertz CT molecular complexity index is 678. The molecule has 21 heavy (non-hydrogen) atoms. The number of nitrogens with zero attached hydrogens (tertiary/aromatic N) is 2. The van der Waals surface area contributed by atoms with Gasteiger partial charge in [-0.3, -0.25) is 10.1 Å². The summed E-state index contributed by atoms with van der Waals surface area (Å²) >= 11 is 5.82. The number of nitrogens with one attached hydrogen (secondary N) is 1. The Morgan fingerprint density at radius 2 is 2.05 bits per heavy atom. The van der Waals surface area contributed by atoms with Gasteiger partial charge in [-0.25, -0.2) is 4.98 Å². The fourth-order valence-corrected chi connectivity index (χ4v) is 1.86. The molecule has 0 saturated carbocycles. The molecule has 0 aliphatic carbocycles. The molecular formula is C13H13ClN4O3. The molecule has 0 aliphatic rings. The van der Waals surface area contributed by atoms with E-state index in [2.05, 4.69) is 15.3 Å². The average Bonchev–Trinajstić information content (AvgIpc) is 2.45. The molecule has 0 atom stereocenters. The predicted octanol–water partition coefficient (Wildman–Crippen LogP) is 1.98. The minimum absolute atomic E-state index is 0.00894. The Kier molecular flexibility index (Phi) is 4.44. The number of hydrogen-bond acceptors (Lipinski definition) is 6. The van der Waals surface area contributed by atoms with Crippen LogP contribution in [0.4, 0.5) is 11.6 Å². The Hall–Kier alpha value is -2.54. The molecule has 3 N–H and O–H groups in total. The molecule has 1 amide bonds. The highest BCUT2D eigenvalue weighted by atomic mass is 35.5. The van der Waals surface area contributed by atoms with Gasteiger partial charge in [0.2, 0.25) is 11.8 Å². The summed E-state index contributed by atoms with van der Waals surface area (Å²) in [6.45, 7) is 0. The number of ether oxygens (including phenoxy) is 2. The summed E-state index contributed by atoms with van der Waals surface area (Å²) in [6, 6.07) is 6.33. The van der Waals surface area contributed by atoms with Crippen LogP contribution in [-0.2, 0) is 0 Å². The molecule has 0 unspecified atom stereocenters. The Balaban J connectivity index is 2.32. The Morgan fingerprint density at radius 1 is 1.29 bits per heavy atom. The van der Waals surface area contributed by atoms with Gasteiger partial charge in [-0.1, -0.05) is 17.7 Å². The van der Waals surface area contributed by atoms with Gasteiger partial charge in [0.15, 0.2) is 0 Å². The van der Waals surface area contributed by atoms with Gasteiger partial charge in [-0.15, -0.1) is 0 Å². The molecule has 2 aromatic rings. The maximum absolute atomic E-state index is 12.3. The lowest BCUT2D eigenvalue weighted by molar-refractivity contribution is 0.102. The second-order valence-electron chi connectivity index (χ2n) is 3.94. The van der Waals surface area contributed by atoms with E-state index in [1.807, 2.05) is 0 Å². The van der Waals surface area contributed by atoms with Crippen molar-refractivity contribution in [3.05, 3.63) is 35.0 Å². The van der Waals surface area contributed by atoms with Gasteiger partial charge in [0.1, 0.15) is 16.5 Å². The van der Waals surface area contributed by atoms with Crippen LogP contribution in [0, 0.1) is 0 Å². The van der Waals surface area contributed by atoms with Gasteiger partial charge in [-0.05, 0) is 12.1 Å². The fraction of sp³-hybridized carbons (Fsp3) is 0.154. The first-order chi connectivity index (χ1) is 10.0. The number of carbonyl (C=O) groups excluding carboxylic acids is 1. The van der Waals surface area contributed by atoms with Crippen molar-refractivity contribution in [3.63, 3.8) is 0 Å². The van der Waals surface area contributed by atoms with E-state index in [4.69, 9.17) is 26.8 Å². The van der Waals surface area contributed by atoms with Gasteiger partial charge in [0.25, 0.3) is 5.91 Å². The fourth-order valence-electron chi connectivity index (χ4n) is 1.68. The standard InChI is InChI=1S/C13H13ClN4O3/c1-20-8-5-3-4-7(15)11(8)12(19)18-13-16-9(14)6-10(17-13)21-2/h3-6H,15H2,1-2H3,(H,16,17,18,19). The lowest BCUT2D eigenvalue weighted by atomic mass is 10.1. The quantitative estimate of drug-likeness (QED) is 0.662. The summed E-state index contributed by atoms with van der Waals surface area (Å²) in [5.74, 6) is 0.0868. The smallest absolute Gasteiger partial charge is 0.263 e. The van der Waals surface area contributed by atoms with Gasteiger partial charge in [0.05, 0.1) is 14.2 Å². The van der Waals surface area contributed by atoms with Crippen molar-refractivity contribution < 1.29 is 14.3 Å². The van der Waals surface area contributed by atoms with E-state index >= 15 is 0 Å². The summed E-state index contributed by atoms with van der Waals surface area (Å²) in [5, 5.41) is 2.65. The molecule has 0 aliphatic heterocycles. The lowest BCUT2D eigenvalue weighted by Gasteiger charge is -2.11. The summed E-state index contributed by atoms with van der Waals surface area (Å²) in [4.78, 5) is 20.2. The zero-order chi connectivity index (χ0) is 15.4. The molecule has 0 spiro atoms. The van der Waals surface area contributed by atoms with Gasteiger partial charge in [0, 0.05) is 11.8 Å². The molecule has 0 bridgehead atoms. The molecule has 0 saturated heterocycles. The molecule has 8 heteroatoms. The van der Waals surface area contributed by atoms with Crippen LogP contribution in [0.2, 0.25) is 5.15 Å². The second-order valence-corrected chi connectivity index (χ2v) is 4.32. The van der Waals surface area contributed by atoms with E-state index in [0.29, 0.717) is 5.75 Å². The van der Waals surface area contributed by atoms with Crippen molar-refractivity contribution >= 4 is 29.1 Å². The molecule has 7 nitrogen and oxygen atoms in total. The molecule has 1 aromatic heterocycles. The SMILES string of the molecule is COc1cc(Cl)nc(NC(=O)c2c(N)cccc2OC)n1. The lowest BCUT2D eigenvalue weighted by Crippen LogP contribution is -2.17. The molecule has 110 valence electrons. The Labute approximate surface area is 126 Å². The minimum Gasteiger partial charge on any atom is -0.496 e. The second kappa shape index (κ2) is 6.27. The Morgan fingerprint density at radius 3 is 2.71 bits per heavy atom. The monoisotopic (exact) mass is 308 g/mol. The number of carbonyl (C=O) groups is 1. The van der Waals surface area contributed by atoms with Crippen molar-refractivity contribution in [1.82, 2.24) is 9.97 Å². The highest BCUT2D eigenvalue weighted by Crippen LogP contribution is 2.25. The van der Waals surface area contributed by atoms with Crippen LogP contribution in [0.1, 0.15) is 10.4 Å². The van der Waals surface area contributed by atoms with Crippen molar-refractivity contribution in [2.45, 2.75) is 0 Å². The van der Waals surface area contributed by atoms with Crippen LogP contribution in [-0.4, -0.2) is 30.1 Å². The maximum Gasteiger partial charge on any atom is 0.263 e. The van der Waals surface area contributed by atoms with Crippen LogP contribution in [0.15, 0.2) is 24.3 Å². The van der Waals surface area contributed by atoms with Gasteiger partial charge in [-0.2, -0.15) is 4.98 Å². The van der Waals surface area contributed by atoms with Crippen LogP contribution < -0.4 is 20.5 Å². The average molecular weight is 309 g/mol. The normalized spacial score (nSPS) is 10.0. The van der Waals surface area contributed by atoms with Gasteiger partial charge >= 0.3 is 0 Å². The van der Waals surface area contributed by atoms with Crippen LogP contribution >= 0.6 is 11.6 Å². The number of nitrogens with two attached hydrogens (primary N) is 1. The molecule has 0 fully saturated rings. The third kappa shape index (κ3) is 3.32. The highest BCUT2D eigenvalue weighted by molar-refractivity contribution is 6.29. The third-order valence-electron chi connectivity index (χ3n) is 2.61. The largest absolute Gasteiger partial charge is 0.496 e. The van der Waals surface area contributed by atoms with Crippen LogP contribution in [0.5, 0.6) is 11.6 Å². The predicted molar refractivity (Wildman–Crippen MR) is 79.0 cm³/mol. The van der Waals surface area contributed by atoms with E-state index in [9.17, 15) is 4.79 Å². The molecule has 1 aromatic carbocycles. The number of halogens is 1. The number of hydrogen-bond donors (Lipinski definition) is 2.